The van der Waals surface area contributed by atoms with E-state index in [0.717, 1.165) is 11.1 Å². The van der Waals surface area contributed by atoms with Gasteiger partial charge in [-0.15, -0.1) is 0 Å². The average molecular weight is 464 g/mol. The van der Waals surface area contributed by atoms with Crippen LogP contribution < -0.4 is 4.74 Å². The van der Waals surface area contributed by atoms with Crippen molar-refractivity contribution in [3.8, 4) is 5.75 Å². The first kappa shape index (κ1) is 22.4. The first-order valence-corrected chi connectivity index (χ1v) is 10.6. The number of aliphatic hydroxyl groups excluding tert-OH is 1. The molecule has 0 aromatic heterocycles. The average Bonchev–Trinajstić information content (AvgIpc) is 3.10. The van der Waals surface area contributed by atoms with E-state index >= 15 is 0 Å². The predicted octanol–water partition coefficient (Wildman–Crippen LogP) is 5.19. The highest BCUT2D eigenvalue weighted by molar-refractivity contribution is 6.30. The van der Waals surface area contributed by atoms with Crippen molar-refractivity contribution in [3.63, 3.8) is 0 Å². The maximum Gasteiger partial charge on any atom is 0.337 e. The Labute approximate surface area is 196 Å². The molecule has 4 rings (SSSR count). The van der Waals surface area contributed by atoms with Crippen LogP contribution >= 0.6 is 11.6 Å². The third-order valence-corrected chi connectivity index (χ3v) is 5.87. The van der Waals surface area contributed by atoms with E-state index in [9.17, 15) is 14.7 Å². The van der Waals surface area contributed by atoms with Gasteiger partial charge in [-0.05, 0) is 53.1 Å². The lowest BCUT2D eigenvalue weighted by Gasteiger charge is -2.27. The second-order valence-corrected chi connectivity index (χ2v) is 8.00. The summed E-state index contributed by atoms with van der Waals surface area (Å²) in [5.41, 5.74) is 3.20. The molecule has 1 N–H and O–H groups in total. The van der Waals surface area contributed by atoms with Gasteiger partial charge in [0.1, 0.15) is 5.75 Å². The second-order valence-electron chi connectivity index (χ2n) is 7.57. The van der Waals surface area contributed by atoms with Gasteiger partial charge in [0.05, 0.1) is 25.8 Å². The molecule has 3 aromatic carbocycles. The number of esters is 1. The molecule has 1 atom stereocenters. The molecule has 0 fully saturated rings. The summed E-state index contributed by atoms with van der Waals surface area (Å²) in [6.45, 7) is 0.267. The van der Waals surface area contributed by atoms with Crippen LogP contribution in [0.1, 0.15) is 33.1 Å². The van der Waals surface area contributed by atoms with Gasteiger partial charge in [-0.25, -0.2) is 4.79 Å². The summed E-state index contributed by atoms with van der Waals surface area (Å²) >= 11 is 6.01. The minimum atomic E-state index is -0.562. The van der Waals surface area contributed by atoms with Crippen molar-refractivity contribution in [3.05, 3.63) is 106 Å². The normalized spacial score (nSPS) is 15.7. The third kappa shape index (κ3) is 4.43. The van der Waals surface area contributed by atoms with Gasteiger partial charge in [-0.2, -0.15) is 0 Å². The number of nitrogens with zero attached hydrogens (tertiary/aromatic N) is 1. The molecular formula is C26H22ClNO5. The fourth-order valence-electron chi connectivity index (χ4n) is 3.93. The number of carbonyl (C=O) groups excluding carboxylic acids is 2. The van der Waals surface area contributed by atoms with Gasteiger partial charge in [0.25, 0.3) is 5.91 Å². The number of carbonyl (C=O) groups is 2. The summed E-state index contributed by atoms with van der Waals surface area (Å²) in [6, 6.07) is 20.6. The van der Waals surface area contributed by atoms with Crippen molar-refractivity contribution in [2.24, 2.45) is 0 Å². The first-order chi connectivity index (χ1) is 15.9. The summed E-state index contributed by atoms with van der Waals surface area (Å²) in [6.07, 6.45) is 0. The van der Waals surface area contributed by atoms with Crippen molar-refractivity contribution >= 4 is 29.1 Å². The maximum absolute atomic E-state index is 13.2. The predicted molar refractivity (Wildman–Crippen MR) is 125 cm³/mol. The van der Waals surface area contributed by atoms with Gasteiger partial charge < -0.3 is 19.5 Å². The van der Waals surface area contributed by atoms with E-state index in [0.29, 0.717) is 27.5 Å². The SMILES string of the molecule is COC(=O)c1ccc([C@@H]2C(c3ccc(OC)cc3)=C(O)C(=O)N2Cc2ccc(Cl)cc2)cc1. The Balaban J connectivity index is 1.78. The molecule has 0 aliphatic carbocycles. The first-order valence-electron chi connectivity index (χ1n) is 10.2. The second kappa shape index (κ2) is 9.38. The van der Waals surface area contributed by atoms with Crippen LogP contribution in [0.25, 0.3) is 5.57 Å². The lowest BCUT2D eigenvalue weighted by molar-refractivity contribution is -0.130. The number of halogens is 1. The third-order valence-electron chi connectivity index (χ3n) is 5.62. The van der Waals surface area contributed by atoms with Crippen LogP contribution in [0.3, 0.4) is 0 Å². The van der Waals surface area contributed by atoms with E-state index in [1.807, 2.05) is 12.1 Å². The zero-order valence-electron chi connectivity index (χ0n) is 18.1. The van der Waals surface area contributed by atoms with Gasteiger partial charge in [0.2, 0.25) is 0 Å². The van der Waals surface area contributed by atoms with Crippen LogP contribution in [0.15, 0.2) is 78.6 Å². The summed E-state index contributed by atoms with van der Waals surface area (Å²) in [5, 5.41) is 11.5. The number of hydrogen-bond donors (Lipinski definition) is 1. The minimum absolute atomic E-state index is 0.267. The lowest BCUT2D eigenvalue weighted by Crippen LogP contribution is -2.29. The van der Waals surface area contributed by atoms with Crippen LogP contribution in [0.4, 0.5) is 0 Å². The van der Waals surface area contributed by atoms with Gasteiger partial charge in [0.15, 0.2) is 5.76 Å². The molecule has 0 bridgehead atoms. The van der Waals surface area contributed by atoms with Crippen LogP contribution in [-0.4, -0.2) is 36.1 Å². The molecule has 0 spiro atoms. The van der Waals surface area contributed by atoms with Crippen molar-refractivity contribution in [1.29, 1.82) is 0 Å². The highest BCUT2D eigenvalue weighted by atomic mass is 35.5. The molecule has 33 heavy (non-hydrogen) atoms. The van der Waals surface area contributed by atoms with Crippen molar-refractivity contribution in [2.75, 3.05) is 14.2 Å². The molecule has 6 nitrogen and oxygen atoms in total. The zero-order chi connectivity index (χ0) is 23.5. The Morgan fingerprint density at radius 3 is 2.18 bits per heavy atom. The number of aliphatic hydroxyl groups is 1. The van der Waals surface area contributed by atoms with Crippen LogP contribution in [0.5, 0.6) is 5.75 Å². The molecule has 0 unspecified atom stereocenters. The summed E-state index contributed by atoms with van der Waals surface area (Å²) < 4.78 is 10.0. The molecule has 7 heteroatoms. The lowest BCUT2D eigenvalue weighted by atomic mass is 9.92. The zero-order valence-corrected chi connectivity index (χ0v) is 18.9. The quantitative estimate of drug-likeness (QED) is 0.509. The van der Waals surface area contributed by atoms with Gasteiger partial charge in [0, 0.05) is 17.1 Å². The van der Waals surface area contributed by atoms with E-state index in [1.54, 1.807) is 72.7 Å². The highest BCUT2D eigenvalue weighted by Gasteiger charge is 2.41. The molecular weight excluding hydrogens is 442 g/mol. The number of rotatable bonds is 6. The van der Waals surface area contributed by atoms with Crippen molar-refractivity contribution in [1.82, 2.24) is 4.90 Å². The molecule has 1 heterocycles. The molecule has 168 valence electrons. The summed E-state index contributed by atoms with van der Waals surface area (Å²) in [4.78, 5) is 26.7. The molecule has 1 aliphatic heterocycles. The van der Waals surface area contributed by atoms with E-state index in [4.69, 9.17) is 21.1 Å². The van der Waals surface area contributed by atoms with Crippen molar-refractivity contribution < 1.29 is 24.2 Å². The standard InChI is InChI=1S/C26H22ClNO5/c1-32-21-13-9-17(10-14-21)22-23(18-5-7-19(8-6-18)26(31)33-2)28(25(30)24(22)29)15-16-3-11-20(27)12-4-16/h3-14,23,29H,15H2,1-2H3/t23-/m1/s1. The molecule has 1 amide bonds. The van der Waals surface area contributed by atoms with Gasteiger partial charge >= 0.3 is 5.97 Å². The summed E-state index contributed by atoms with van der Waals surface area (Å²) in [5.74, 6) is -0.565. The molecule has 0 radical (unpaired) electrons. The van der Waals surface area contributed by atoms with E-state index in [1.165, 1.54) is 7.11 Å². The van der Waals surface area contributed by atoms with Gasteiger partial charge in [-0.3, -0.25) is 4.79 Å². The number of hydrogen-bond acceptors (Lipinski definition) is 5. The monoisotopic (exact) mass is 463 g/mol. The topological polar surface area (TPSA) is 76.1 Å². The Morgan fingerprint density at radius 1 is 0.970 bits per heavy atom. The van der Waals surface area contributed by atoms with E-state index in [2.05, 4.69) is 0 Å². The van der Waals surface area contributed by atoms with Gasteiger partial charge in [-0.1, -0.05) is 48.0 Å². The van der Waals surface area contributed by atoms with E-state index < -0.39 is 17.9 Å². The number of methoxy groups -OCH3 is 2. The number of ether oxygens (including phenoxy) is 2. The Hall–Kier alpha value is -3.77. The maximum atomic E-state index is 13.2. The molecule has 0 saturated heterocycles. The molecule has 0 saturated carbocycles. The fourth-order valence-corrected chi connectivity index (χ4v) is 4.06. The fraction of sp³-hybridized carbons (Fsp3) is 0.154. The number of amides is 1. The summed E-state index contributed by atoms with van der Waals surface area (Å²) in [7, 11) is 2.90. The number of benzene rings is 3. The van der Waals surface area contributed by atoms with Crippen molar-refractivity contribution in [2.45, 2.75) is 12.6 Å². The van der Waals surface area contributed by atoms with Crippen LogP contribution in [0, 0.1) is 0 Å². The Bertz CT molecular complexity index is 1200. The minimum Gasteiger partial charge on any atom is -0.503 e. The van der Waals surface area contributed by atoms with Crippen LogP contribution in [0.2, 0.25) is 5.02 Å². The molecule has 1 aliphatic rings. The largest absolute Gasteiger partial charge is 0.503 e. The Kier molecular flexibility index (Phi) is 6.38. The van der Waals surface area contributed by atoms with Crippen LogP contribution in [-0.2, 0) is 16.1 Å². The molecule has 3 aromatic rings. The Morgan fingerprint density at radius 2 is 1.61 bits per heavy atom. The van der Waals surface area contributed by atoms with E-state index in [-0.39, 0.29) is 12.3 Å². The highest BCUT2D eigenvalue weighted by Crippen LogP contribution is 2.44. The smallest absolute Gasteiger partial charge is 0.337 e.